The van der Waals surface area contributed by atoms with Crippen LogP contribution < -0.4 is 4.74 Å². The third-order valence-electron chi connectivity index (χ3n) is 1.91. The highest BCUT2D eigenvalue weighted by Gasteiger charge is 2.10. The maximum absolute atomic E-state index is 13.4. The Labute approximate surface area is 112 Å². The van der Waals surface area contributed by atoms with Crippen molar-refractivity contribution in [3.05, 3.63) is 41.4 Å². The molecule has 0 aliphatic carbocycles. The Hall–Kier alpha value is -1.88. The molecule has 0 atom stereocenters. The molecule has 90 valence electrons. The van der Waals surface area contributed by atoms with Gasteiger partial charge in [0.25, 0.3) is 0 Å². The van der Waals surface area contributed by atoms with Crippen LogP contribution in [0.5, 0.6) is 11.8 Å². The summed E-state index contributed by atoms with van der Waals surface area (Å²) in [6.07, 6.45) is 3.02. The molecule has 1 aromatic carbocycles. The van der Waals surface area contributed by atoms with Crippen LogP contribution in [0.3, 0.4) is 0 Å². The van der Waals surface area contributed by atoms with Crippen LogP contribution in [-0.4, -0.2) is 15.1 Å². The fourth-order valence-corrected chi connectivity index (χ4v) is 1.46. The van der Waals surface area contributed by atoms with Crippen LogP contribution in [0.25, 0.3) is 0 Å². The number of rotatable bonds is 3. The number of isothiocyanates is 1. The highest BCUT2D eigenvalue weighted by molar-refractivity contribution is 7.78. The standard InChI is InChI=1S/C11H5ClFN3OS/c12-7-4-8(13)9(16-6-18)5-10(7)17-11-14-2-1-3-15-11/h1-5H. The van der Waals surface area contributed by atoms with Gasteiger partial charge in [-0.05, 0) is 24.4 Å². The van der Waals surface area contributed by atoms with Gasteiger partial charge in [0.2, 0.25) is 0 Å². The number of hydrogen-bond donors (Lipinski definition) is 0. The molecular weight excluding hydrogens is 277 g/mol. The second-order valence-electron chi connectivity index (χ2n) is 3.07. The molecule has 2 aromatic rings. The highest BCUT2D eigenvalue weighted by Crippen LogP contribution is 2.33. The Morgan fingerprint density at radius 3 is 2.72 bits per heavy atom. The van der Waals surface area contributed by atoms with Crippen LogP contribution in [0.4, 0.5) is 10.1 Å². The molecular formula is C11H5ClFN3OS. The summed E-state index contributed by atoms with van der Waals surface area (Å²) in [4.78, 5) is 11.3. The lowest BCUT2D eigenvalue weighted by molar-refractivity contribution is 0.441. The normalized spacial score (nSPS) is 9.67. The van der Waals surface area contributed by atoms with Gasteiger partial charge in [-0.15, -0.1) is 0 Å². The molecule has 0 radical (unpaired) electrons. The van der Waals surface area contributed by atoms with Gasteiger partial charge in [0.15, 0.2) is 11.6 Å². The smallest absolute Gasteiger partial charge is 0.321 e. The third-order valence-corrected chi connectivity index (χ3v) is 2.30. The summed E-state index contributed by atoms with van der Waals surface area (Å²) < 4.78 is 18.7. The summed E-state index contributed by atoms with van der Waals surface area (Å²) in [6.45, 7) is 0. The zero-order valence-electron chi connectivity index (χ0n) is 8.80. The molecule has 0 aliphatic heterocycles. The summed E-state index contributed by atoms with van der Waals surface area (Å²) in [5, 5.41) is 2.16. The van der Waals surface area contributed by atoms with Crippen molar-refractivity contribution in [1.29, 1.82) is 0 Å². The van der Waals surface area contributed by atoms with E-state index in [4.69, 9.17) is 16.3 Å². The van der Waals surface area contributed by atoms with Crippen LogP contribution in [-0.2, 0) is 0 Å². The number of aliphatic imine (C=N–C) groups is 1. The van der Waals surface area contributed by atoms with E-state index in [1.807, 2.05) is 0 Å². The summed E-state index contributed by atoms with van der Waals surface area (Å²) in [6, 6.07) is 4.11. The van der Waals surface area contributed by atoms with Gasteiger partial charge in [0, 0.05) is 18.5 Å². The van der Waals surface area contributed by atoms with Crippen LogP contribution >= 0.6 is 23.8 Å². The summed E-state index contributed by atoms with van der Waals surface area (Å²) in [7, 11) is 0. The predicted octanol–water partition coefficient (Wildman–Crippen LogP) is 3.80. The van der Waals surface area contributed by atoms with Crippen molar-refractivity contribution in [3.63, 3.8) is 0 Å². The van der Waals surface area contributed by atoms with Crippen LogP contribution in [0.1, 0.15) is 0 Å². The van der Waals surface area contributed by atoms with Crippen LogP contribution in [0, 0.1) is 5.82 Å². The summed E-state index contributed by atoms with van der Waals surface area (Å²) >= 11 is 10.3. The molecule has 0 spiro atoms. The maximum Gasteiger partial charge on any atom is 0.321 e. The molecule has 0 N–H and O–H groups in total. The van der Waals surface area contributed by atoms with Crippen molar-refractivity contribution in [2.75, 3.05) is 0 Å². The van der Waals surface area contributed by atoms with E-state index in [0.717, 1.165) is 6.07 Å². The molecule has 1 aromatic heterocycles. The van der Waals surface area contributed by atoms with Crippen molar-refractivity contribution >= 4 is 34.7 Å². The topological polar surface area (TPSA) is 47.4 Å². The van der Waals surface area contributed by atoms with Crippen molar-refractivity contribution < 1.29 is 9.13 Å². The molecule has 0 bridgehead atoms. The van der Waals surface area contributed by atoms with Gasteiger partial charge in [0.1, 0.15) is 5.69 Å². The molecule has 1 heterocycles. The lowest BCUT2D eigenvalue weighted by atomic mass is 10.3. The zero-order valence-corrected chi connectivity index (χ0v) is 10.4. The molecule has 18 heavy (non-hydrogen) atoms. The molecule has 0 saturated heterocycles. The van der Waals surface area contributed by atoms with Crippen molar-refractivity contribution in [2.45, 2.75) is 0 Å². The first-order chi connectivity index (χ1) is 8.70. The molecule has 2 rings (SSSR count). The number of thiocarbonyl (C=S) groups is 1. The zero-order chi connectivity index (χ0) is 13.0. The SMILES string of the molecule is Fc1cc(Cl)c(Oc2ncccn2)cc1N=C=S. The van der Waals surface area contributed by atoms with Crippen molar-refractivity contribution in [1.82, 2.24) is 9.97 Å². The first-order valence-corrected chi connectivity index (χ1v) is 5.51. The van der Waals surface area contributed by atoms with E-state index in [1.54, 1.807) is 6.07 Å². The Bertz CT molecular complexity index is 617. The molecule has 0 aliphatic rings. The molecule has 0 amide bonds. The Morgan fingerprint density at radius 1 is 1.33 bits per heavy atom. The number of hydrogen-bond acceptors (Lipinski definition) is 5. The van der Waals surface area contributed by atoms with Crippen LogP contribution in [0.15, 0.2) is 35.6 Å². The van der Waals surface area contributed by atoms with Crippen molar-refractivity contribution in [3.8, 4) is 11.8 Å². The van der Waals surface area contributed by atoms with E-state index in [0.29, 0.717) is 0 Å². The van der Waals surface area contributed by atoms with Gasteiger partial charge in [-0.1, -0.05) is 11.6 Å². The number of aromatic nitrogens is 2. The van der Waals surface area contributed by atoms with Gasteiger partial charge in [-0.3, -0.25) is 0 Å². The Morgan fingerprint density at radius 2 is 2.06 bits per heavy atom. The molecule has 0 fully saturated rings. The minimum atomic E-state index is -0.612. The highest BCUT2D eigenvalue weighted by atomic mass is 35.5. The second kappa shape index (κ2) is 5.64. The van der Waals surface area contributed by atoms with E-state index in [2.05, 4.69) is 32.3 Å². The number of nitrogens with zero attached hydrogens (tertiary/aromatic N) is 3. The van der Waals surface area contributed by atoms with Gasteiger partial charge in [0.05, 0.1) is 10.2 Å². The number of ether oxygens (including phenoxy) is 1. The lowest BCUT2D eigenvalue weighted by Crippen LogP contribution is -1.91. The summed E-state index contributed by atoms with van der Waals surface area (Å²) in [5.74, 6) is -0.424. The third kappa shape index (κ3) is 2.87. The fraction of sp³-hybridized carbons (Fsp3) is 0. The largest absolute Gasteiger partial charge is 0.423 e. The van der Waals surface area contributed by atoms with Gasteiger partial charge < -0.3 is 4.74 Å². The minimum absolute atomic E-state index is 0.0136. The van der Waals surface area contributed by atoms with Gasteiger partial charge >= 0.3 is 6.01 Å². The van der Waals surface area contributed by atoms with E-state index in [1.165, 1.54) is 18.5 Å². The number of halogens is 2. The van der Waals surface area contributed by atoms with Crippen LogP contribution in [0.2, 0.25) is 5.02 Å². The predicted molar refractivity (Wildman–Crippen MR) is 68.2 cm³/mol. The van der Waals surface area contributed by atoms with E-state index >= 15 is 0 Å². The molecule has 0 saturated carbocycles. The average Bonchev–Trinajstić information content (AvgIpc) is 2.37. The van der Waals surface area contributed by atoms with E-state index in [-0.39, 0.29) is 22.5 Å². The summed E-state index contributed by atoms with van der Waals surface area (Å²) in [5.41, 5.74) is -0.0136. The van der Waals surface area contributed by atoms with E-state index < -0.39 is 5.82 Å². The average molecular weight is 282 g/mol. The molecule has 4 nitrogen and oxygen atoms in total. The molecule has 7 heteroatoms. The fourth-order valence-electron chi connectivity index (χ4n) is 1.17. The Kier molecular flexibility index (Phi) is 3.94. The maximum atomic E-state index is 13.4. The first kappa shape index (κ1) is 12.6. The van der Waals surface area contributed by atoms with Gasteiger partial charge in [-0.2, -0.15) is 4.99 Å². The van der Waals surface area contributed by atoms with Gasteiger partial charge in [-0.25, -0.2) is 14.4 Å². The Balaban J connectivity index is 2.39. The molecule has 0 unspecified atom stereocenters. The second-order valence-corrected chi connectivity index (χ2v) is 3.66. The first-order valence-electron chi connectivity index (χ1n) is 4.72. The monoisotopic (exact) mass is 281 g/mol. The van der Waals surface area contributed by atoms with E-state index in [9.17, 15) is 4.39 Å². The quantitative estimate of drug-likeness (QED) is 0.634. The lowest BCUT2D eigenvalue weighted by Gasteiger charge is -2.06. The van der Waals surface area contributed by atoms with Crippen molar-refractivity contribution in [2.24, 2.45) is 4.99 Å². The number of benzene rings is 1. The minimum Gasteiger partial charge on any atom is -0.423 e.